The Kier molecular flexibility index (Phi) is 3.33. The Morgan fingerprint density at radius 3 is 2.58 bits per heavy atom. The lowest BCUT2D eigenvalue weighted by atomic mass is 10.0. The molecular weight excluding hydrogens is 261 g/mol. The van der Waals surface area contributed by atoms with E-state index < -0.39 is 17.7 Å². The molecule has 0 saturated heterocycles. The lowest BCUT2D eigenvalue weighted by Gasteiger charge is -2.10. The van der Waals surface area contributed by atoms with Crippen molar-refractivity contribution in [3.63, 3.8) is 0 Å². The molecule has 100 valence electrons. The van der Waals surface area contributed by atoms with Crippen LogP contribution in [0.2, 0.25) is 0 Å². The average Bonchev–Trinajstić information content (AvgIpc) is 2.86. The number of carbonyl (C=O) groups excluding carboxylic acids is 1. The number of esters is 1. The summed E-state index contributed by atoms with van der Waals surface area (Å²) in [5.74, 6) is -0.884. The van der Waals surface area contributed by atoms with Crippen molar-refractivity contribution < 1.29 is 27.1 Å². The molecule has 0 amide bonds. The number of rotatable bonds is 2. The van der Waals surface area contributed by atoms with Crippen LogP contribution in [-0.2, 0) is 10.9 Å². The van der Waals surface area contributed by atoms with Crippen molar-refractivity contribution in [3.05, 3.63) is 47.9 Å². The number of hydrogen-bond donors (Lipinski definition) is 0. The first-order valence-corrected chi connectivity index (χ1v) is 5.27. The van der Waals surface area contributed by atoms with Gasteiger partial charge in [0.15, 0.2) is 0 Å². The minimum atomic E-state index is -4.47. The normalized spacial score (nSPS) is 11.4. The van der Waals surface area contributed by atoms with E-state index in [1.165, 1.54) is 24.3 Å². The average molecular weight is 270 g/mol. The van der Waals surface area contributed by atoms with Gasteiger partial charge in [0.25, 0.3) is 0 Å². The predicted molar refractivity (Wildman–Crippen MR) is 60.5 cm³/mol. The number of methoxy groups -OCH3 is 1. The van der Waals surface area contributed by atoms with Gasteiger partial charge in [0.2, 0.25) is 5.76 Å². The summed E-state index contributed by atoms with van der Waals surface area (Å²) in [4.78, 5) is 11.2. The number of carbonyl (C=O) groups is 1. The van der Waals surface area contributed by atoms with Crippen molar-refractivity contribution in [3.8, 4) is 11.1 Å². The maximum Gasteiger partial charge on any atom is 0.417 e. The third-order valence-corrected chi connectivity index (χ3v) is 2.53. The van der Waals surface area contributed by atoms with Crippen LogP contribution in [0.4, 0.5) is 13.2 Å². The van der Waals surface area contributed by atoms with Crippen molar-refractivity contribution in [2.24, 2.45) is 0 Å². The van der Waals surface area contributed by atoms with Crippen LogP contribution < -0.4 is 0 Å². The largest absolute Gasteiger partial charge is 0.463 e. The fraction of sp³-hybridized carbons (Fsp3) is 0.154. The highest BCUT2D eigenvalue weighted by atomic mass is 19.4. The fourth-order valence-electron chi connectivity index (χ4n) is 1.67. The van der Waals surface area contributed by atoms with E-state index in [9.17, 15) is 18.0 Å². The summed E-state index contributed by atoms with van der Waals surface area (Å²) in [6.07, 6.45) is -3.38. The van der Waals surface area contributed by atoms with Gasteiger partial charge >= 0.3 is 12.1 Å². The molecule has 0 atom stereocenters. The minimum Gasteiger partial charge on any atom is -0.463 e. The zero-order valence-corrected chi connectivity index (χ0v) is 9.82. The second-order valence-corrected chi connectivity index (χ2v) is 3.73. The van der Waals surface area contributed by atoms with Crippen LogP contribution in [0.3, 0.4) is 0 Å². The molecule has 19 heavy (non-hydrogen) atoms. The van der Waals surface area contributed by atoms with E-state index >= 15 is 0 Å². The maximum absolute atomic E-state index is 12.8. The van der Waals surface area contributed by atoms with E-state index in [2.05, 4.69) is 4.74 Å². The zero-order valence-electron chi connectivity index (χ0n) is 9.82. The summed E-state index contributed by atoms with van der Waals surface area (Å²) >= 11 is 0. The molecule has 0 aliphatic rings. The van der Waals surface area contributed by atoms with Gasteiger partial charge in [0.1, 0.15) is 0 Å². The molecule has 1 aromatic carbocycles. The molecule has 0 aliphatic carbocycles. The monoisotopic (exact) mass is 270 g/mol. The highest BCUT2D eigenvalue weighted by molar-refractivity contribution is 5.88. The first-order chi connectivity index (χ1) is 8.93. The van der Waals surface area contributed by atoms with Gasteiger partial charge in [-0.25, -0.2) is 4.79 Å². The van der Waals surface area contributed by atoms with Gasteiger partial charge in [0.05, 0.1) is 18.9 Å². The number of halogens is 3. The molecule has 0 aliphatic heterocycles. The number of furan rings is 1. The van der Waals surface area contributed by atoms with Crippen molar-refractivity contribution in [1.82, 2.24) is 0 Å². The zero-order chi connectivity index (χ0) is 14.0. The molecule has 0 fully saturated rings. The Labute approximate surface area is 106 Å². The van der Waals surface area contributed by atoms with E-state index in [1.807, 2.05) is 0 Å². The van der Waals surface area contributed by atoms with Gasteiger partial charge in [-0.2, -0.15) is 13.2 Å². The first kappa shape index (κ1) is 13.2. The van der Waals surface area contributed by atoms with Gasteiger partial charge in [-0.05, 0) is 17.7 Å². The number of alkyl halides is 3. The third kappa shape index (κ3) is 2.62. The Bertz CT molecular complexity index is 599. The summed E-state index contributed by atoms with van der Waals surface area (Å²) in [7, 11) is 1.16. The number of benzene rings is 1. The van der Waals surface area contributed by atoms with Gasteiger partial charge in [0, 0.05) is 5.56 Å². The van der Waals surface area contributed by atoms with Crippen molar-refractivity contribution >= 4 is 5.97 Å². The van der Waals surface area contributed by atoms with E-state index in [0.717, 1.165) is 19.4 Å². The van der Waals surface area contributed by atoms with Crippen LogP contribution in [0.25, 0.3) is 11.1 Å². The van der Waals surface area contributed by atoms with Crippen molar-refractivity contribution in [1.29, 1.82) is 0 Å². The molecule has 0 N–H and O–H groups in total. The Hall–Kier alpha value is -2.24. The molecule has 0 saturated carbocycles. The SMILES string of the molecule is COC(=O)c1cc(-c2ccccc2C(F)(F)F)co1. The predicted octanol–water partition coefficient (Wildman–Crippen LogP) is 3.75. The summed E-state index contributed by atoms with van der Waals surface area (Å²) in [5, 5.41) is 0. The van der Waals surface area contributed by atoms with Crippen LogP contribution in [0.1, 0.15) is 16.1 Å². The Morgan fingerprint density at radius 2 is 1.95 bits per heavy atom. The number of ether oxygens (including phenoxy) is 1. The van der Waals surface area contributed by atoms with Crippen LogP contribution in [0, 0.1) is 0 Å². The summed E-state index contributed by atoms with van der Waals surface area (Å²) < 4.78 is 47.9. The molecular formula is C13H9F3O3. The lowest BCUT2D eigenvalue weighted by molar-refractivity contribution is -0.137. The van der Waals surface area contributed by atoms with Crippen LogP contribution in [-0.4, -0.2) is 13.1 Å². The highest BCUT2D eigenvalue weighted by Gasteiger charge is 2.33. The minimum absolute atomic E-state index is 0.0473. The molecule has 1 heterocycles. The van der Waals surface area contributed by atoms with Crippen LogP contribution >= 0.6 is 0 Å². The maximum atomic E-state index is 12.8. The molecule has 3 nitrogen and oxygen atoms in total. The molecule has 0 unspecified atom stereocenters. The topological polar surface area (TPSA) is 39.4 Å². The van der Waals surface area contributed by atoms with E-state index in [-0.39, 0.29) is 16.9 Å². The smallest absolute Gasteiger partial charge is 0.417 e. The lowest BCUT2D eigenvalue weighted by Crippen LogP contribution is -2.06. The van der Waals surface area contributed by atoms with Gasteiger partial charge in [-0.3, -0.25) is 0 Å². The molecule has 2 aromatic rings. The van der Waals surface area contributed by atoms with Crippen LogP contribution in [0.15, 0.2) is 41.0 Å². The molecule has 0 radical (unpaired) electrons. The quantitative estimate of drug-likeness (QED) is 0.780. The molecule has 6 heteroatoms. The van der Waals surface area contributed by atoms with E-state index in [0.29, 0.717) is 0 Å². The van der Waals surface area contributed by atoms with Gasteiger partial charge in [-0.1, -0.05) is 18.2 Å². The van der Waals surface area contributed by atoms with E-state index in [1.54, 1.807) is 0 Å². The fourth-order valence-corrected chi connectivity index (χ4v) is 1.67. The summed E-state index contributed by atoms with van der Waals surface area (Å²) in [6.45, 7) is 0. The summed E-state index contributed by atoms with van der Waals surface area (Å²) in [5.41, 5.74) is -0.658. The molecule has 0 spiro atoms. The third-order valence-electron chi connectivity index (χ3n) is 2.53. The molecule has 0 bridgehead atoms. The Morgan fingerprint density at radius 1 is 1.26 bits per heavy atom. The molecule has 1 aromatic heterocycles. The van der Waals surface area contributed by atoms with Crippen molar-refractivity contribution in [2.75, 3.05) is 7.11 Å². The second-order valence-electron chi connectivity index (χ2n) is 3.73. The first-order valence-electron chi connectivity index (χ1n) is 5.27. The van der Waals surface area contributed by atoms with Crippen LogP contribution in [0.5, 0.6) is 0 Å². The highest BCUT2D eigenvalue weighted by Crippen LogP contribution is 2.37. The molecule has 2 rings (SSSR count). The van der Waals surface area contributed by atoms with Crippen molar-refractivity contribution in [2.45, 2.75) is 6.18 Å². The van der Waals surface area contributed by atoms with Gasteiger partial charge in [-0.15, -0.1) is 0 Å². The summed E-state index contributed by atoms with van der Waals surface area (Å²) in [6, 6.07) is 6.29. The Balaban J connectivity index is 2.48. The van der Waals surface area contributed by atoms with Gasteiger partial charge < -0.3 is 9.15 Å². The second kappa shape index (κ2) is 4.79. The van der Waals surface area contributed by atoms with E-state index in [4.69, 9.17) is 4.42 Å². The number of hydrogen-bond acceptors (Lipinski definition) is 3. The standard InChI is InChI=1S/C13H9F3O3/c1-18-12(17)11-6-8(7-19-11)9-4-2-3-5-10(9)13(14,15)16/h2-7H,1H3.